The fourth-order valence-corrected chi connectivity index (χ4v) is 3.02. The van der Waals surface area contributed by atoms with Crippen LogP contribution in [0.1, 0.15) is 16.1 Å². The first-order valence-electron chi connectivity index (χ1n) is 8.45. The van der Waals surface area contributed by atoms with Gasteiger partial charge in [-0.1, -0.05) is 12.1 Å². The van der Waals surface area contributed by atoms with Crippen molar-refractivity contribution in [2.45, 2.75) is 6.54 Å². The highest BCUT2D eigenvalue weighted by molar-refractivity contribution is 7.14. The van der Waals surface area contributed by atoms with Gasteiger partial charge in [-0.3, -0.25) is 14.6 Å². The Hall–Kier alpha value is -3.46. The van der Waals surface area contributed by atoms with E-state index in [1.807, 2.05) is 36.4 Å². The van der Waals surface area contributed by atoms with Crippen molar-refractivity contribution in [3.8, 4) is 5.75 Å². The van der Waals surface area contributed by atoms with Gasteiger partial charge >= 0.3 is 0 Å². The zero-order valence-corrected chi connectivity index (χ0v) is 16.0. The number of methoxy groups -OCH3 is 1. The lowest BCUT2D eigenvalue weighted by atomic mass is 10.3. The highest BCUT2D eigenvalue weighted by Gasteiger charge is 2.13. The standard InChI is InChI=1S/C19H19N5O3S/c1-27-16-5-3-2-4-14(16)23-19-24-15(12-28-19)18(26)22-11-17(25)21-10-13-6-8-20-9-7-13/h2-9,12H,10-11H2,1H3,(H,21,25)(H,22,26)(H,23,24). The second-order valence-corrected chi connectivity index (χ2v) is 6.54. The number of pyridine rings is 1. The van der Waals surface area contributed by atoms with Crippen LogP contribution in [0.25, 0.3) is 0 Å². The SMILES string of the molecule is COc1ccccc1Nc1nc(C(=O)NCC(=O)NCc2ccncc2)cs1. The molecule has 0 saturated carbocycles. The van der Waals surface area contributed by atoms with Gasteiger partial charge in [0.05, 0.1) is 19.3 Å². The Morgan fingerprint density at radius 2 is 1.89 bits per heavy atom. The van der Waals surface area contributed by atoms with Crippen LogP contribution in [-0.4, -0.2) is 35.4 Å². The van der Waals surface area contributed by atoms with Gasteiger partial charge in [0, 0.05) is 24.3 Å². The fourth-order valence-electron chi connectivity index (χ4n) is 2.31. The van der Waals surface area contributed by atoms with Crippen LogP contribution in [-0.2, 0) is 11.3 Å². The van der Waals surface area contributed by atoms with Crippen LogP contribution in [0.5, 0.6) is 5.75 Å². The van der Waals surface area contributed by atoms with E-state index in [2.05, 4.69) is 25.9 Å². The number of hydrogen-bond donors (Lipinski definition) is 3. The van der Waals surface area contributed by atoms with E-state index in [1.54, 1.807) is 24.9 Å². The van der Waals surface area contributed by atoms with Gasteiger partial charge in [-0.15, -0.1) is 11.3 Å². The molecule has 0 atom stereocenters. The van der Waals surface area contributed by atoms with Gasteiger partial charge in [-0.25, -0.2) is 4.98 Å². The second kappa shape index (κ2) is 9.47. The molecule has 2 heterocycles. The summed E-state index contributed by atoms with van der Waals surface area (Å²) in [6.45, 7) is 0.248. The van der Waals surface area contributed by atoms with Crippen molar-refractivity contribution in [1.29, 1.82) is 0 Å². The number of anilines is 2. The van der Waals surface area contributed by atoms with Crippen LogP contribution in [0.2, 0.25) is 0 Å². The molecule has 0 aliphatic rings. The van der Waals surface area contributed by atoms with Crippen LogP contribution in [0.3, 0.4) is 0 Å². The topological polar surface area (TPSA) is 105 Å². The summed E-state index contributed by atoms with van der Waals surface area (Å²) in [7, 11) is 1.58. The van der Waals surface area contributed by atoms with Crippen LogP contribution in [0.4, 0.5) is 10.8 Å². The van der Waals surface area contributed by atoms with E-state index in [9.17, 15) is 9.59 Å². The molecule has 3 N–H and O–H groups in total. The van der Waals surface area contributed by atoms with Gasteiger partial charge in [0.15, 0.2) is 5.13 Å². The van der Waals surface area contributed by atoms with Gasteiger partial charge in [0.1, 0.15) is 11.4 Å². The van der Waals surface area contributed by atoms with Gasteiger partial charge in [0.25, 0.3) is 5.91 Å². The zero-order chi connectivity index (χ0) is 19.8. The second-order valence-electron chi connectivity index (χ2n) is 5.68. The minimum atomic E-state index is -0.414. The molecule has 2 amide bonds. The van der Waals surface area contributed by atoms with Crippen molar-refractivity contribution in [2.75, 3.05) is 19.0 Å². The largest absolute Gasteiger partial charge is 0.495 e. The van der Waals surface area contributed by atoms with E-state index in [1.165, 1.54) is 11.3 Å². The van der Waals surface area contributed by atoms with E-state index in [-0.39, 0.29) is 18.1 Å². The zero-order valence-electron chi connectivity index (χ0n) is 15.1. The number of carbonyl (C=O) groups excluding carboxylic acids is 2. The maximum Gasteiger partial charge on any atom is 0.271 e. The molecule has 28 heavy (non-hydrogen) atoms. The molecule has 0 unspecified atom stereocenters. The summed E-state index contributed by atoms with van der Waals surface area (Å²) in [5.41, 5.74) is 1.92. The summed E-state index contributed by atoms with van der Waals surface area (Å²) in [6.07, 6.45) is 3.31. The summed E-state index contributed by atoms with van der Waals surface area (Å²) in [6, 6.07) is 11.0. The molecular weight excluding hydrogens is 378 g/mol. The predicted octanol–water partition coefficient (Wildman–Crippen LogP) is 2.34. The summed E-state index contributed by atoms with van der Waals surface area (Å²) >= 11 is 1.29. The molecule has 0 aliphatic heterocycles. The molecule has 0 saturated heterocycles. The summed E-state index contributed by atoms with van der Waals surface area (Å²) in [5, 5.41) is 10.6. The van der Waals surface area contributed by atoms with Crippen LogP contribution in [0, 0.1) is 0 Å². The lowest BCUT2D eigenvalue weighted by Crippen LogP contribution is -2.36. The third-order valence-corrected chi connectivity index (χ3v) is 4.49. The fraction of sp³-hybridized carbons (Fsp3) is 0.158. The maximum absolute atomic E-state index is 12.2. The molecule has 3 aromatic rings. The average molecular weight is 397 g/mol. The number of amides is 2. The lowest BCUT2D eigenvalue weighted by Gasteiger charge is -2.08. The number of para-hydroxylation sites is 2. The molecule has 0 radical (unpaired) electrons. The summed E-state index contributed by atoms with van der Waals surface area (Å²) in [4.78, 5) is 32.3. The monoisotopic (exact) mass is 397 g/mol. The minimum absolute atomic E-state index is 0.128. The van der Waals surface area contributed by atoms with Crippen LogP contribution in [0.15, 0.2) is 54.2 Å². The van der Waals surface area contributed by atoms with Crippen molar-refractivity contribution in [1.82, 2.24) is 20.6 Å². The normalized spacial score (nSPS) is 10.2. The maximum atomic E-state index is 12.2. The van der Waals surface area contributed by atoms with Crippen molar-refractivity contribution >= 4 is 34.0 Å². The van der Waals surface area contributed by atoms with E-state index < -0.39 is 5.91 Å². The van der Waals surface area contributed by atoms with Gasteiger partial charge in [-0.2, -0.15) is 0 Å². The Bertz CT molecular complexity index is 946. The van der Waals surface area contributed by atoms with Crippen molar-refractivity contribution in [3.63, 3.8) is 0 Å². The number of hydrogen-bond acceptors (Lipinski definition) is 7. The molecule has 0 bridgehead atoms. The number of aromatic nitrogens is 2. The number of nitrogens with one attached hydrogen (secondary N) is 3. The molecule has 0 fully saturated rings. The first-order chi connectivity index (χ1) is 13.7. The Labute approximate surface area is 166 Å². The molecule has 1 aromatic carbocycles. The first-order valence-corrected chi connectivity index (χ1v) is 9.33. The molecule has 0 spiro atoms. The first kappa shape index (κ1) is 19.3. The van der Waals surface area contributed by atoms with Crippen molar-refractivity contribution < 1.29 is 14.3 Å². The number of ether oxygens (including phenoxy) is 1. The summed E-state index contributed by atoms with van der Waals surface area (Å²) in [5.74, 6) is -0.0225. The Balaban J connectivity index is 1.49. The van der Waals surface area contributed by atoms with E-state index in [0.29, 0.717) is 17.4 Å². The molecular formula is C19H19N5O3S. The third kappa shape index (κ3) is 5.27. The molecule has 9 heteroatoms. The molecule has 3 rings (SSSR count). The van der Waals surface area contributed by atoms with Gasteiger partial charge in [0.2, 0.25) is 5.91 Å². The number of thiazole rings is 1. The Morgan fingerprint density at radius 1 is 1.11 bits per heavy atom. The van der Waals surface area contributed by atoms with Gasteiger partial charge in [-0.05, 0) is 29.8 Å². The van der Waals surface area contributed by atoms with E-state index >= 15 is 0 Å². The number of carbonyl (C=O) groups is 2. The highest BCUT2D eigenvalue weighted by Crippen LogP contribution is 2.28. The van der Waals surface area contributed by atoms with Gasteiger partial charge < -0.3 is 20.7 Å². The number of nitrogens with zero attached hydrogens (tertiary/aromatic N) is 2. The minimum Gasteiger partial charge on any atom is -0.495 e. The predicted molar refractivity (Wildman–Crippen MR) is 107 cm³/mol. The smallest absolute Gasteiger partial charge is 0.271 e. The number of rotatable bonds is 8. The molecule has 8 nitrogen and oxygen atoms in total. The van der Waals surface area contributed by atoms with E-state index in [4.69, 9.17) is 4.74 Å². The quantitative estimate of drug-likeness (QED) is 0.539. The van der Waals surface area contributed by atoms with Crippen molar-refractivity contribution in [2.24, 2.45) is 0 Å². The lowest BCUT2D eigenvalue weighted by molar-refractivity contribution is -0.120. The molecule has 2 aromatic heterocycles. The Kier molecular flexibility index (Phi) is 6.53. The Morgan fingerprint density at radius 3 is 2.68 bits per heavy atom. The molecule has 144 valence electrons. The van der Waals surface area contributed by atoms with Crippen molar-refractivity contribution in [3.05, 3.63) is 65.4 Å². The summed E-state index contributed by atoms with van der Waals surface area (Å²) < 4.78 is 5.28. The van der Waals surface area contributed by atoms with E-state index in [0.717, 1.165) is 11.3 Å². The number of benzene rings is 1. The highest BCUT2D eigenvalue weighted by atomic mass is 32.1. The third-order valence-electron chi connectivity index (χ3n) is 3.73. The molecule has 0 aliphatic carbocycles. The average Bonchev–Trinajstić information content (AvgIpc) is 3.20. The van der Waals surface area contributed by atoms with Crippen LogP contribution >= 0.6 is 11.3 Å². The van der Waals surface area contributed by atoms with Crippen LogP contribution < -0.4 is 20.7 Å².